The van der Waals surface area contributed by atoms with Crippen molar-refractivity contribution in [2.45, 2.75) is 25.3 Å². The van der Waals surface area contributed by atoms with Crippen LogP contribution in [-0.4, -0.2) is 28.2 Å². The fourth-order valence-corrected chi connectivity index (χ4v) is 2.79. The van der Waals surface area contributed by atoms with Gasteiger partial charge in [0.1, 0.15) is 0 Å². The molecular formula is C17H20N2O2. The molecule has 4 heteroatoms. The molecule has 1 aromatic heterocycles. The van der Waals surface area contributed by atoms with Crippen molar-refractivity contribution in [3.8, 4) is 5.69 Å². The van der Waals surface area contributed by atoms with Gasteiger partial charge in [0.2, 0.25) is 0 Å². The Kier molecular flexibility index (Phi) is 4.06. The van der Waals surface area contributed by atoms with E-state index in [4.69, 9.17) is 0 Å². The minimum Gasteiger partial charge on any atom is -0.394 e. The van der Waals surface area contributed by atoms with Gasteiger partial charge in [0.05, 0.1) is 23.9 Å². The number of aliphatic hydroxyl groups is 1. The number of nitrogens with zero attached hydrogens (tertiary/aromatic N) is 1. The van der Waals surface area contributed by atoms with Gasteiger partial charge >= 0.3 is 0 Å². The maximum absolute atomic E-state index is 12.5. The van der Waals surface area contributed by atoms with E-state index >= 15 is 0 Å². The van der Waals surface area contributed by atoms with E-state index in [0.29, 0.717) is 11.5 Å². The summed E-state index contributed by atoms with van der Waals surface area (Å²) in [6, 6.07) is 11.2. The number of aliphatic hydroxyl groups excluding tert-OH is 1. The molecule has 1 unspecified atom stereocenters. The van der Waals surface area contributed by atoms with E-state index in [0.717, 1.165) is 18.5 Å². The topological polar surface area (TPSA) is 54.3 Å². The first kappa shape index (κ1) is 13.9. The molecule has 2 N–H and O–H groups in total. The molecule has 1 atom stereocenters. The Bertz CT molecular complexity index is 603. The Morgan fingerprint density at radius 3 is 2.57 bits per heavy atom. The van der Waals surface area contributed by atoms with Crippen LogP contribution < -0.4 is 5.32 Å². The van der Waals surface area contributed by atoms with Crippen LogP contribution in [0, 0.1) is 5.92 Å². The van der Waals surface area contributed by atoms with Gasteiger partial charge in [-0.25, -0.2) is 0 Å². The summed E-state index contributed by atoms with van der Waals surface area (Å²) < 4.78 is 1.92. The molecule has 0 bridgehead atoms. The molecule has 110 valence electrons. The average Bonchev–Trinajstić information content (AvgIpc) is 2.98. The van der Waals surface area contributed by atoms with Gasteiger partial charge < -0.3 is 15.0 Å². The van der Waals surface area contributed by atoms with Crippen molar-refractivity contribution in [1.82, 2.24) is 9.88 Å². The lowest BCUT2D eigenvalue weighted by molar-refractivity contribution is 0.0845. The zero-order chi connectivity index (χ0) is 14.7. The molecule has 1 heterocycles. The molecule has 0 saturated heterocycles. The van der Waals surface area contributed by atoms with Gasteiger partial charge in [-0.1, -0.05) is 18.6 Å². The van der Waals surface area contributed by atoms with Gasteiger partial charge in [-0.15, -0.1) is 0 Å². The number of carbonyl (C=O) groups excluding carboxylic acids is 1. The van der Waals surface area contributed by atoms with E-state index in [2.05, 4.69) is 5.32 Å². The number of amides is 1. The summed E-state index contributed by atoms with van der Waals surface area (Å²) in [7, 11) is 0. The van der Waals surface area contributed by atoms with E-state index in [9.17, 15) is 9.90 Å². The maximum atomic E-state index is 12.5. The summed E-state index contributed by atoms with van der Waals surface area (Å²) in [5.74, 6) is 0.294. The van der Waals surface area contributed by atoms with E-state index < -0.39 is 0 Å². The molecule has 3 rings (SSSR count). The highest BCUT2D eigenvalue weighted by Crippen LogP contribution is 2.29. The molecule has 4 nitrogen and oxygen atoms in total. The smallest absolute Gasteiger partial charge is 0.253 e. The molecule has 1 amide bonds. The fraction of sp³-hybridized carbons (Fsp3) is 0.353. The second kappa shape index (κ2) is 6.14. The summed E-state index contributed by atoms with van der Waals surface area (Å²) in [5.41, 5.74) is 1.48. The van der Waals surface area contributed by atoms with Gasteiger partial charge in [0.15, 0.2) is 0 Å². The highest BCUT2D eigenvalue weighted by atomic mass is 16.3. The fourth-order valence-electron chi connectivity index (χ4n) is 2.79. The van der Waals surface area contributed by atoms with Crippen LogP contribution in [-0.2, 0) is 0 Å². The Hall–Kier alpha value is -2.07. The van der Waals surface area contributed by atoms with Gasteiger partial charge in [-0.2, -0.15) is 0 Å². The standard InChI is InChI=1S/C17H20N2O2/c20-12-15(13-6-5-7-13)18-17(21)14-8-1-2-9-16(14)19-10-3-4-11-19/h1-4,8-11,13,15,20H,5-7,12H2,(H,18,21). The van der Waals surface area contributed by atoms with Crippen LogP contribution in [0.1, 0.15) is 29.6 Å². The normalized spacial score (nSPS) is 16.2. The van der Waals surface area contributed by atoms with Crippen LogP contribution >= 0.6 is 0 Å². The summed E-state index contributed by atoms with van der Waals surface area (Å²) >= 11 is 0. The van der Waals surface area contributed by atoms with E-state index in [-0.39, 0.29) is 18.6 Å². The largest absolute Gasteiger partial charge is 0.394 e. The van der Waals surface area contributed by atoms with E-state index in [1.54, 1.807) is 0 Å². The SMILES string of the molecule is O=C(NC(CO)C1CCC1)c1ccccc1-n1cccc1. The van der Waals surface area contributed by atoms with Crippen LogP contribution in [0.4, 0.5) is 0 Å². The first-order valence-electron chi connectivity index (χ1n) is 7.43. The Morgan fingerprint density at radius 2 is 1.95 bits per heavy atom. The Labute approximate surface area is 124 Å². The summed E-state index contributed by atoms with van der Waals surface area (Å²) in [4.78, 5) is 12.5. The molecule has 1 aliphatic carbocycles. The quantitative estimate of drug-likeness (QED) is 0.885. The van der Waals surface area contributed by atoms with Gasteiger partial charge in [-0.05, 0) is 43.0 Å². The molecule has 2 aromatic rings. The van der Waals surface area contributed by atoms with Crippen LogP contribution in [0.5, 0.6) is 0 Å². The number of hydrogen-bond acceptors (Lipinski definition) is 2. The van der Waals surface area contributed by atoms with Crippen LogP contribution in [0.3, 0.4) is 0 Å². The van der Waals surface area contributed by atoms with Crippen molar-refractivity contribution in [3.05, 3.63) is 54.4 Å². The molecule has 21 heavy (non-hydrogen) atoms. The monoisotopic (exact) mass is 284 g/mol. The number of hydrogen-bond donors (Lipinski definition) is 2. The Balaban J connectivity index is 1.81. The van der Waals surface area contributed by atoms with Crippen LogP contribution in [0.2, 0.25) is 0 Å². The number of nitrogens with one attached hydrogen (secondary N) is 1. The maximum Gasteiger partial charge on any atom is 0.253 e. The molecule has 0 aliphatic heterocycles. The third kappa shape index (κ3) is 2.85. The molecule has 1 aliphatic rings. The molecule has 0 spiro atoms. The van der Waals surface area contributed by atoms with E-state index in [1.807, 2.05) is 53.4 Å². The minimum atomic E-state index is -0.135. The number of rotatable bonds is 5. The Morgan fingerprint density at radius 1 is 1.24 bits per heavy atom. The molecule has 0 radical (unpaired) electrons. The molecule has 1 fully saturated rings. The zero-order valence-electron chi connectivity index (χ0n) is 11.9. The predicted octanol–water partition coefficient (Wildman–Crippen LogP) is 2.37. The number of para-hydroxylation sites is 1. The first-order valence-corrected chi connectivity index (χ1v) is 7.43. The van der Waals surface area contributed by atoms with Gasteiger partial charge in [0, 0.05) is 12.4 Å². The molecule has 1 saturated carbocycles. The number of aromatic nitrogens is 1. The third-order valence-corrected chi connectivity index (χ3v) is 4.26. The predicted molar refractivity (Wildman–Crippen MR) is 81.5 cm³/mol. The lowest BCUT2D eigenvalue weighted by Crippen LogP contribution is -2.45. The minimum absolute atomic E-state index is 0.00208. The van der Waals surface area contributed by atoms with Crippen molar-refractivity contribution in [2.75, 3.05) is 6.61 Å². The highest BCUT2D eigenvalue weighted by Gasteiger charge is 2.28. The van der Waals surface area contributed by atoms with Gasteiger partial charge in [0.25, 0.3) is 5.91 Å². The average molecular weight is 284 g/mol. The zero-order valence-corrected chi connectivity index (χ0v) is 11.9. The van der Waals surface area contributed by atoms with Crippen LogP contribution in [0.15, 0.2) is 48.8 Å². The second-order valence-electron chi connectivity index (χ2n) is 5.56. The number of benzene rings is 1. The first-order chi connectivity index (χ1) is 10.3. The van der Waals surface area contributed by atoms with Crippen LogP contribution in [0.25, 0.3) is 5.69 Å². The summed E-state index contributed by atoms with van der Waals surface area (Å²) in [6.07, 6.45) is 7.20. The van der Waals surface area contributed by atoms with Crippen molar-refractivity contribution in [2.24, 2.45) is 5.92 Å². The molecular weight excluding hydrogens is 264 g/mol. The van der Waals surface area contributed by atoms with Gasteiger partial charge in [-0.3, -0.25) is 4.79 Å². The second-order valence-corrected chi connectivity index (χ2v) is 5.56. The van der Waals surface area contributed by atoms with E-state index in [1.165, 1.54) is 6.42 Å². The molecule has 1 aromatic carbocycles. The van der Waals surface area contributed by atoms with Crippen molar-refractivity contribution < 1.29 is 9.90 Å². The summed E-state index contributed by atoms with van der Waals surface area (Å²) in [5, 5.41) is 12.5. The third-order valence-electron chi connectivity index (χ3n) is 4.26. The van der Waals surface area contributed by atoms with Crippen molar-refractivity contribution >= 4 is 5.91 Å². The number of carbonyl (C=O) groups is 1. The lowest BCUT2D eigenvalue weighted by Gasteiger charge is -2.33. The summed E-state index contributed by atoms with van der Waals surface area (Å²) in [6.45, 7) is 0.00208. The van der Waals surface area contributed by atoms with Crippen molar-refractivity contribution in [1.29, 1.82) is 0 Å². The van der Waals surface area contributed by atoms with Crippen molar-refractivity contribution in [3.63, 3.8) is 0 Å². The highest BCUT2D eigenvalue weighted by molar-refractivity contribution is 5.98. The lowest BCUT2D eigenvalue weighted by atomic mass is 9.80.